The number of nitrogens with zero attached hydrogens (tertiary/aromatic N) is 1. The molecule has 0 aromatic heterocycles. The van der Waals surface area contributed by atoms with Gasteiger partial charge in [0.1, 0.15) is 5.75 Å². The van der Waals surface area contributed by atoms with Gasteiger partial charge in [0.05, 0.1) is 12.7 Å². The molecule has 4 nitrogen and oxygen atoms in total. The molecule has 1 aromatic rings. The summed E-state index contributed by atoms with van der Waals surface area (Å²) in [6.07, 6.45) is 1.01. The molecule has 1 aromatic carbocycles. The maximum absolute atomic E-state index is 12.1. The molecule has 5 heteroatoms. The van der Waals surface area contributed by atoms with Crippen LogP contribution < -0.4 is 10.5 Å². The molecule has 0 aliphatic heterocycles. The van der Waals surface area contributed by atoms with Crippen molar-refractivity contribution in [3.05, 3.63) is 23.8 Å². The van der Waals surface area contributed by atoms with Gasteiger partial charge in [0.25, 0.3) is 0 Å². The first-order chi connectivity index (χ1) is 9.62. The maximum Gasteiger partial charge on any atom is 0.223 e. The summed E-state index contributed by atoms with van der Waals surface area (Å²) in [5, 5.41) is 0.0430. The molecule has 2 N–H and O–H groups in total. The lowest BCUT2D eigenvalue weighted by Gasteiger charge is -2.17. The number of carbonyl (C=O) groups is 1. The molecule has 0 saturated carbocycles. The third-order valence-corrected chi connectivity index (χ3v) is 4.17. The third-order valence-electron chi connectivity index (χ3n) is 3.19. The molecular weight excluding hydrogens is 272 g/mol. The number of benzene rings is 1. The van der Waals surface area contributed by atoms with Crippen molar-refractivity contribution in [3.8, 4) is 5.75 Å². The number of ether oxygens (including phenoxy) is 1. The highest BCUT2D eigenvalue weighted by Crippen LogP contribution is 2.25. The number of carbonyl (C=O) groups excluding carboxylic acids is 1. The summed E-state index contributed by atoms with van der Waals surface area (Å²) < 4.78 is 5.20. The molecule has 0 radical (unpaired) electrons. The average molecular weight is 296 g/mol. The van der Waals surface area contributed by atoms with Gasteiger partial charge in [0.2, 0.25) is 5.12 Å². The topological polar surface area (TPSA) is 55.6 Å². The van der Waals surface area contributed by atoms with Crippen molar-refractivity contribution in [2.75, 3.05) is 38.2 Å². The molecule has 0 spiro atoms. The van der Waals surface area contributed by atoms with Crippen LogP contribution in [0, 0.1) is 0 Å². The zero-order valence-corrected chi connectivity index (χ0v) is 13.3. The summed E-state index contributed by atoms with van der Waals surface area (Å²) in [5.74, 6) is 1.37. The van der Waals surface area contributed by atoms with Gasteiger partial charge in [-0.2, -0.15) is 0 Å². The summed E-state index contributed by atoms with van der Waals surface area (Å²) in [7, 11) is 1.55. The zero-order valence-electron chi connectivity index (χ0n) is 12.5. The molecule has 0 heterocycles. The van der Waals surface area contributed by atoms with Crippen LogP contribution in [0.4, 0.5) is 5.69 Å². The van der Waals surface area contributed by atoms with Crippen LogP contribution in [-0.2, 0) is 0 Å². The smallest absolute Gasteiger partial charge is 0.223 e. The minimum absolute atomic E-state index is 0.0430. The van der Waals surface area contributed by atoms with Crippen molar-refractivity contribution in [3.63, 3.8) is 0 Å². The van der Waals surface area contributed by atoms with Crippen molar-refractivity contribution in [2.45, 2.75) is 20.3 Å². The molecule has 0 amide bonds. The molecule has 0 aliphatic carbocycles. The number of thioether (sulfide) groups is 1. The van der Waals surface area contributed by atoms with E-state index in [0.29, 0.717) is 17.0 Å². The number of rotatable bonds is 8. The Balaban J connectivity index is 2.47. The fourth-order valence-corrected chi connectivity index (χ4v) is 2.73. The molecule has 112 valence electrons. The van der Waals surface area contributed by atoms with Crippen molar-refractivity contribution >= 4 is 22.6 Å². The van der Waals surface area contributed by atoms with Gasteiger partial charge in [-0.3, -0.25) is 4.79 Å². The van der Waals surface area contributed by atoms with E-state index in [1.54, 1.807) is 25.3 Å². The summed E-state index contributed by atoms with van der Waals surface area (Å²) in [5.41, 5.74) is 6.88. The van der Waals surface area contributed by atoms with E-state index in [1.165, 1.54) is 11.8 Å². The van der Waals surface area contributed by atoms with Crippen molar-refractivity contribution in [2.24, 2.45) is 0 Å². The standard InChI is InChI=1S/C15H24N2O2S/c1-4-17(5-2)9-6-10-20-15(18)13-8-7-12(16)11-14(13)19-3/h7-8,11H,4-6,9-10,16H2,1-3H3. The lowest BCUT2D eigenvalue weighted by Crippen LogP contribution is -2.24. The predicted octanol–water partition coefficient (Wildman–Crippen LogP) is 2.88. The van der Waals surface area contributed by atoms with E-state index in [2.05, 4.69) is 18.7 Å². The van der Waals surface area contributed by atoms with Gasteiger partial charge in [-0.1, -0.05) is 25.6 Å². The van der Waals surface area contributed by atoms with E-state index in [1.807, 2.05) is 0 Å². The molecule has 0 fully saturated rings. The minimum atomic E-state index is 0.0430. The molecule has 0 atom stereocenters. The highest BCUT2D eigenvalue weighted by atomic mass is 32.2. The maximum atomic E-state index is 12.1. The number of hydrogen-bond donors (Lipinski definition) is 1. The Hall–Kier alpha value is -1.20. The number of methoxy groups -OCH3 is 1. The van der Waals surface area contributed by atoms with Crippen molar-refractivity contribution in [1.82, 2.24) is 4.90 Å². The van der Waals surface area contributed by atoms with E-state index < -0.39 is 0 Å². The number of nitrogen functional groups attached to an aromatic ring is 1. The summed E-state index contributed by atoms with van der Waals surface area (Å²) >= 11 is 1.34. The fraction of sp³-hybridized carbons (Fsp3) is 0.533. The Bertz CT molecular complexity index is 434. The van der Waals surface area contributed by atoms with Gasteiger partial charge >= 0.3 is 0 Å². The van der Waals surface area contributed by atoms with Crippen LogP contribution in [0.25, 0.3) is 0 Å². The fourth-order valence-electron chi connectivity index (χ4n) is 1.95. The second-order valence-corrected chi connectivity index (χ2v) is 5.54. The molecule has 0 bridgehead atoms. The lowest BCUT2D eigenvalue weighted by molar-refractivity contribution is 0.108. The quantitative estimate of drug-likeness (QED) is 0.590. The van der Waals surface area contributed by atoms with Crippen LogP contribution in [0.2, 0.25) is 0 Å². The minimum Gasteiger partial charge on any atom is -0.496 e. The number of hydrogen-bond acceptors (Lipinski definition) is 5. The van der Waals surface area contributed by atoms with Gasteiger partial charge in [-0.05, 0) is 38.2 Å². The normalized spacial score (nSPS) is 10.8. The first kappa shape index (κ1) is 16.9. The van der Waals surface area contributed by atoms with E-state index in [-0.39, 0.29) is 5.12 Å². The number of anilines is 1. The molecule has 0 saturated heterocycles. The van der Waals surface area contributed by atoms with Gasteiger partial charge in [-0.15, -0.1) is 0 Å². The Morgan fingerprint density at radius 1 is 1.35 bits per heavy atom. The first-order valence-electron chi connectivity index (χ1n) is 6.95. The monoisotopic (exact) mass is 296 g/mol. The van der Waals surface area contributed by atoms with Crippen molar-refractivity contribution < 1.29 is 9.53 Å². The Morgan fingerprint density at radius 2 is 2.05 bits per heavy atom. The van der Waals surface area contributed by atoms with E-state index in [4.69, 9.17) is 10.5 Å². The SMILES string of the molecule is CCN(CC)CCCSC(=O)c1ccc(N)cc1OC. The van der Waals surface area contributed by atoms with Crippen LogP contribution in [-0.4, -0.2) is 42.5 Å². The van der Waals surface area contributed by atoms with Gasteiger partial charge < -0.3 is 15.4 Å². The number of nitrogens with two attached hydrogens (primary N) is 1. The summed E-state index contributed by atoms with van der Waals surface area (Å²) in [4.78, 5) is 14.5. The van der Waals surface area contributed by atoms with Crippen LogP contribution in [0.1, 0.15) is 30.6 Å². The molecule has 1 rings (SSSR count). The second-order valence-electron chi connectivity index (χ2n) is 4.48. The van der Waals surface area contributed by atoms with Crippen LogP contribution in [0.5, 0.6) is 5.75 Å². The Kier molecular flexibility index (Phi) is 7.47. The first-order valence-corrected chi connectivity index (χ1v) is 7.93. The van der Waals surface area contributed by atoms with Crippen molar-refractivity contribution in [1.29, 1.82) is 0 Å². The summed E-state index contributed by atoms with van der Waals surface area (Å²) in [6.45, 7) is 7.45. The van der Waals surface area contributed by atoms with Crippen LogP contribution >= 0.6 is 11.8 Å². The van der Waals surface area contributed by atoms with E-state index >= 15 is 0 Å². The molecule has 20 heavy (non-hydrogen) atoms. The lowest BCUT2D eigenvalue weighted by atomic mass is 10.2. The van der Waals surface area contributed by atoms with E-state index in [9.17, 15) is 4.79 Å². The molecular formula is C15H24N2O2S. The summed E-state index contributed by atoms with van der Waals surface area (Å²) in [6, 6.07) is 5.14. The molecule has 0 aliphatic rings. The Labute approximate surface area is 125 Å². The van der Waals surface area contributed by atoms with E-state index in [0.717, 1.165) is 31.8 Å². The Morgan fingerprint density at radius 3 is 2.65 bits per heavy atom. The average Bonchev–Trinajstić information content (AvgIpc) is 2.47. The highest BCUT2D eigenvalue weighted by molar-refractivity contribution is 8.14. The zero-order chi connectivity index (χ0) is 15.0. The highest BCUT2D eigenvalue weighted by Gasteiger charge is 2.13. The van der Waals surface area contributed by atoms with Gasteiger partial charge in [0, 0.05) is 17.5 Å². The third kappa shape index (κ3) is 5.06. The predicted molar refractivity (Wildman–Crippen MR) is 86.6 cm³/mol. The van der Waals surface area contributed by atoms with Gasteiger partial charge in [-0.25, -0.2) is 0 Å². The second kappa shape index (κ2) is 8.87. The van der Waals surface area contributed by atoms with Crippen LogP contribution in [0.3, 0.4) is 0 Å². The van der Waals surface area contributed by atoms with Gasteiger partial charge in [0.15, 0.2) is 0 Å². The largest absolute Gasteiger partial charge is 0.496 e. The van der Waals surface area contributed by atoms with Crippen LogP contribution in [0.15, 0.2) is 18.2 Å². The molecule has 0 unspecified atom stereocenters.